The summed E-state index contributed by atoms with van der Waals surface area (Å²) in [6.45, 7) is 11.9. The molecule has 20 aliphatic carbocycles. The summed E-state index contributed by atoms with van der Waals surface area (Å²) < 4.78 is 39.9. The minimum atomic E-state index is -2.47. The van der Waals surface area contributed by atoms with E-state index in [1.807, 2.05) is 27.9 Å². The standard InChI is InChI=1S/C20H20.C18H20.C13H24O3Si.C10H18O3Si.C8H11Cl.C8H13N.2C8H12O.C7H10O/c1-20(14-15-7-10-19(20)13-15)18-11-8-17(9-12-18)16-5-3-2-4-6-16;1-2-4-11(5-3-1)15-9-14-10-16(15)18-13-7-6-12(8-13)17(14)18;1-4-14-17(15-5-2,16-6-3)13-10-11-7-8-12(13)9-11;1-11-14(12-2,13-3)10-7-8-4-5-9(10)6-8;2*9-5-8-4-6-1-2-7(8)3-6;1-9-8-5-6-2-3-7(8)4-6;9-5-8-4-6-1-2-7(8)3-6;8-7-4-5-1-2-6(7)3-5/h2-12,15,19H,13-14H2,1H3;1-7,12-18H,8-10H2;7-8,11-13H,4-6,9-10H2,1-3H3;4-5,8-10H,6-7H2,1-3H3;1-2,6-8H,3-5H2;1-2,6-8H,3-5,9H2;2-3,6-8H,4-5H2,1H3;1-2,6-9H,3-5H2;1-2,5-8H,3-4H2. The summed E-state index contributed by atoms with van der Waals surface area (Å²) in [4.78, 5) is 0. The molecule has 0 radical (unpaired) electrons. The Hall–Kier alpha value is -4.36. The minimum Gasteiger partial charge on any atom is -0.396 e. The average molecular weight is 1590 g/mol. The molecule has 31 unspecified atom stereocenters. The number of aliphatic hydroxyl groups excluding tert-OH is 2. The van der Waals surface area contributed by atoms with Crippen LogP contribution in [0.2, 0.25) is 11.1 Å². The summed E-state index contributed by atoms with van der Waals surface area (Å²) >= 11 is 5.77. The molecule has 11 fully saturated rings. The van der Waals surface area contributed by atoms with Gasteiger partial charge >= 0.3 is 17.6 Å². The molecule has 11 saturated carbocycles. The van der Waals surface area contributed by atoms with E-state index in [2.05, 4.69) is 201 Å². The van der Waals surface area contributed by atoms with Crippen LogP contribution in [0.25, 0.3) is 11.1 Å². The van der Waals surface area contributed by atoms with Crippen LogP contribution in [0.15, 0.2) is 194 Å². The number of allylic oxidation sites excluding steroid dienone is 16. The molecule has 23 rings (SSSR count). The summed E-state index contributed by atoms with van der Waals surface area (Å²) in [5, 5.41) is 18.0. The number of hydrogen-bond donors (Lipinski definition) is 3. The van der Waals surface area contributed by atoms with Crippen molar-refractivity contribution in [2.75, 3.05) is 67.3 Å². The van der Waals surface area contributed by atoms with Gasteiger partial charge in [0.1, 0.15) is 0 Å². The third kappa shape index (κ3) is 18.2. The highest BCUT2D eigenvalue weighted by molar-refractivity contribution is 6.63. The van der Waals surface area contributed by atoms with Crippen LogP contribution in [0.5, 0.6) is 0 Å². The van der Waals surface area contributed by atoms with E-state index < -0.39 is 17.6 Å². The van der Waals surface area contributed by atoms with Gasteiger partial charge in [-0.25, -0.2) is 0 Å². The summed E-state index contributed by atoms with van der Waals surface area (Å²) in [6, 6.07) is 31.2. The molecule has 4 N–H and O–H groups in total. The van der Waals surface area contributed by atoms with E-state index in [0.29, 0.717) is 72.7 Å². The summed E-state index contributed by atoms with van der Waals surface area (Å²) in [6.07, 6.45) is 67.8. The second-order valence-electron chi connectivity index (χ2n) is 38.1. The molecular weight excluding hydrogens is 1450 g/mol. The molecule has 614 valence electrons. The first-order chi connectivity index (χ1) is 55.1. The van der Waals surface area contributed by atoms with Crippen molar-refractivity contribution >= 4 is 29.2 Å². The lowest BCUT2D eigenvalue weighted by molar-refractivity contribution is 0.0577. The van der Waals surface area contributed by atoms with Gasteiger partial charge in [0.05, 0.1) is 12.2 Å². The average Bonchev–Trinajstić information content (AvgIpc) is 1.55. The molecule has 13 heteroatoms. The molecule has 113 heavy (non-hydrogen) atoms. The number of methoxy groups -OCH3 is 1. The molecule has 20 aliphatic rings. The highest BCUT2D eigenvalue weighted by Gasteiger charge is 2.62. The normalized spacial score (nSPS) is 41.1. The molecule has 0 aromatic heterocycles. The Labute approximate surface area is 688 Å². The van der Waals surface area contributed by atoms with Crippen molar-refractivity contribution in [1.82, 2.24) is 0 Å². The van der Waals surface area contributed by atoms with Crippen LogP contribution in [0, 0.1) is 148 Å². The fourth-order valence-electron chi connectivity index (χ4n) is 26.4. The molecule has 0 amide bonds. The Morgan fingerprint density at radius 2 is 0.867 bits per heavy atom. The zero-order valence-electron chi connectivity index (χ0n) is 69.7. The fourth-order valence-corrected chi connectivity index (χ4v) is 33.0. The molecule has 0 heterocycles. The van der Waals surface area contributed by atoms with E-state index in [0.717, 1.165) is 149 Å². The van der Waals surface area contributed by atoms with Gasteiger partial charge in [-0.2, -0.15) is 0 Å². The SMILES string of the molecule is C1=CC2CC1C1C3CC(c4ccccc4)C(C3)C21.CC1(c2ccc(-c3ccccc3)cc2)CC2C=CC1C2.CCO[Si](OCC)(OCC)C1CC2C=CC1C2.COC1CC2C=CC1C2.CO[Si](OC)(OC)C1CC2C=CC1C2.ClCC1CC2C=CC1C2.NCC1CC2C=CC1C2.OC1CC2C=CC1C2.OCC1CC2C=CC1C2. The van der Waals surface area contributed by atoms with E-state index in [-0.39, 0.29) is 6.10 Å². The Morgan fingerprint density at radius 3 is 1.23 bits per heavy atom. The fraction of sp³-hybridized carbons (Fsp3) is 0.640. The van der Waals surface area contributed by atoms with Gasteiger partial charge in [-0.15, -0.1) is 11.6 Å². The lowest BCUT2D eigenvalue weighted by atomic mass is 9.68. The monoisotopic (exact) mass is 1590 g/mol. The zero-order valence-corrected chi connectivity index (χ0v) is 72.4. The van der Waals surface area contributed by atoms with Crippen LogP contribution in [-0.4, -0.2) is 107 Å². The number of rotatable bonds is 18. The Morgan fingerprint density at radius 1 is 0.416 bits per heavy atom. The minimum absolute atomic E-state index is 0.00926. The maximum absolute atomic E-state index is 9.17. The highest BCUT2D eigenvalue weighted by Crippen LogP contribution is 2.69. The number of benzene rings is 3. The molecule has 0 spiro atoms. The van der Waals surface area contributed by atoms with Gasteiger partial charge in [0.2, 0.25) is 0 Å². The van der Waals surface area contributed by atoms with Crippen LogP contribution in [0.3, 0.4) is 0 Å². The quantitative estimate of drug-likeness (QED) is 0.0490. The Balaban J connectivity index is 0.000000102. The molecule has 10 nitrogen and oxygen atoms in total. The van der Waals surface area contributed by atoms with Crippen molar-refractivity contribution in [2.45, 2.75) is 184 Å². The Bertz CT molecular complexity index is 3650. The maximum Gasteiger partial charge on any atom is 0.504 e. The predicted octanol–water partition coefficient (Wildman–Crippen LogP) is 21.6. The largest absolute Gasteiger partial charge is 0.504 e. The molecule has 3 aromatic carbocycles. The molecule has 20 bridgehead atoms. The third-order valence-electron chi connectivity index (χ3n) is 31.9. The molecule has 31 atom stereocenters. The molecule has 0 aliphatic heterocycles. The topological polar surface area (TPSA) is 131 Å². The predicted molar refractivity (Wildman–Crippen MR) is 464 cm³/mol. The van der Waals surface area contributed by atoms with Crippen molar-refractivity contribution in [3.8, 4) is 11.1 Å². The summed E-state index contributed by atoms with van der Waals surface area (Å²) in [5.74, 6) is 22.1. The van der Waals surface area contributed by atoms with Crippen LogP contribution in [0.1, 0.15) is 167 Å². The lowest BCUT2D eigenvalue weighted by Gasteiger charge is -2.37. The second kappa shape index (κ2) is 37.9. The number of alkyl halides is 1. The number of aliphatic hydroxyl groups is 2. The van der Waals surface area contributed by atoms with Gasteiger partial charge in [-0.3, -0.25) is 0 Å². The highest BCUT2D eigenvalue weighted by atomic mass is 35.5. The van der Waals surface area contributed by atoms with E-state index in [1.54, 1.807) is 26.9 Å². The lowest BCUT2D eigenvalue weighted by Crippen LogP contribution is -2.51. The van der Waals surface area contributed by atoms with Crippen molar-refractivity contribution in [3.05, 3.63) is 205 Å². The number of hydrogen-bond acceptors (Lipinski definition) is 10. The van der Waals surface area contributed by atoms with Crippen molar-refractivity contribution in [1.29, 1.82) is 0 Å². The van der Waals surface area contributed by atoms with Gasteiger partial charge in [-0.1, -0.05) is 201 Å². The second-order valence-corrected chi connectivity index (χ2v) is 44.4. The number of fused-ring (bicyclic) bond motifs is 25. The van der Waals surface area contributed by atoms with E-state index in [4.69, 9.17) is 58.8 Å². The van der Waals surface area contributed by atoms with Gasteiger partial charge < -0.3 is 47.2 Å². The van der Waals surface area contributed by atoms with Gasteiger partial charge in [-0.05, 0) is 319 Å². The summed E-state index contributed by atoms with van der Waals surface area (Å²) in [5.41, 5.74) is 12.6. The first kappa shape index (κ1) is 83.7. The molecule has 0 saturated heterocycles. The smallest absolute Gasteiger partial charge is 0.396 e. The van der Waals surface area contributed by atoms with E-state index in [1.165, 1.54) is 132 Å². The summed E-state index contributed by atoms with van der Waals surface area (Å²) in [7, 11) is 2.07. The first-order valence-electron chi connectivity index (χ1n) is 45.1. The molecular formula is C100H140ClNO9Si2. The van der Waals surface area contributed by atoms with Crippen LogP contribution >= 0.6 is 11.6 Å². The number of ether oxygens (including phenoxy) is 1. The van der Waals surface area contributed by atoms with Crippen LogP contribution in [-0.2, 0) is 36.7 Å². The zero-order chi connectivity index (χ0) is 78.4. The molecule has 3 aromatic rings. The maximum atomic E-state index is 9.17. The Kier molecular flexibility index (Phi) is 28.1. The third-order valence-corrected chi connectivity index (χ3v) is 39.3. The van der Waals surface area contributed by atoms with Crippen LogP contribution in [0.4, 0.5) is 0 Å². The number of halogens is 1. The van der Waals surface area contributed by atoms with Gasteiger partial charge in [0, 0.05) is 83.7 Å². The number of nitrogens with two attached hydrogens (primary N) is 1. The van der Waals surface area contributed by atoms with Gasteiger partial charge in [0.15, 0.2) is 0 Å². The van der Waals surface area contributed by atoms with E-state index >= 15 is 0 Å². The van der Waals surface area contributed by atoms with Crippen molar-refractivity contribution in [3.63, 3.8) is 0 Å². The van der Waals surface area contributed by atoms with Crippen molar-refractivity contribution < 1.29 is 41.5 Å². The van der Waals surface area contributed by atoms with E-state index in [9.17, 15) is 0 Å². The van der Waals surface area contributed by atoms with Crippen LogP contribution < -0.4 is 5.73 Å². The van der Waals surface area contributed by atoms with Gasteiger partial charge in [0.25, 0.3) is 0 Å². The van der Waals surface area contributed by atoms with Crippen molar-refractivity contribution in [2.24, 2.45) is 154 Å². The first-order valence-corrected chi connectivity index (χ1v) is 49.3.